The third-order valence-electron chi connectivity index (χ3n) is 2.51. The molecule has 0 spiro atoms. The Morgan fingerprint density at radius 2 is 2.06 bits per heavy atom. The SMILES string of the molecule is Cc1ccnc(SCc2cccc(CN)c2F)n1. The number of hydrogen-bond donors (Lipinski definition) is 1. The summed E-state index contributed by atoms with van der Waals surface area (Å²) in [6, 6.07) is 7.11. The first-order chi connectivity index (χ1) is 8.70. The van der Waals surface area contributed by atoms with E-state index in [9.17, 15) is 4.39 Å². The van der Waals surface area contributed by atoms with Gasteiger partial charge in [0.15, 0.2) is 5.16 Å². The molecule has 0 unspecified atom stereocenters. The van der Waals surface area contributed by atoms with Crippen molar-refractivity contribution in [3.8, 4) is 0 Å². The van der Waals surface area contributed by atoms with Crippen LogP contribution in [-0.4, -0.2) is 9.97 Å². The molecule has 0 aliphatic carbocycles. The molecule has 3 nitrogen and oxygen atoms in total. The number of hydrogen-bond acceptors (Lipinski definition) is 4. The summed E-state index contributed by atoms with van der Waals surface area (Å²) in [4.78, 5) is 8.40. The Kier molecular flexibility index (Phi) is 4.28. The summed E-state index contributed by atoms with van der Waals surface area (Å²) in [5.74, 6) is 0.281. The zero-order chi connectivity index (χ0) is 13.0. The number of aromatic nitrogens is 2. The number of thioether (sulfide) groups is 1. The molecule has 2 rings (SSSR count). The van der Waals surface area contributed by atoms with E-state index in [1.54, 1.807) is 18.3 Å². The lowest BCUT2D eigenvalue weighted by Crippen LogP contribution is -2.02. The molecule has 0 saturated carbocycles. The normalized spacial score (nSPS) is 10.6. The van der Waals surface area contributed by atoms with Crippen molar-refractivity contribution in [2.75, 3.05) is 0 Å². The van der Waals surface area contributed by atoms with Crippen LogP contribution in [0.1, 0.15) is 16.8 Å². The largest absolute Gasteiger partial charge is 0.326 e. The molecule has 1 heterocycles. The number of rotatable bonds is 4. The second-order valence-corrected chi connectivity index (χ2v) is 4.81. The Hall–Kier alpha value is -1.46. The third-order valence-corrected chi connectivity index (χ3v) is 3.42. The van der Waals surface area contributed by atoms with Crippen LogP contribution < -0.4 is 5.73 Å². The van der Waals surface area contributed by atoms with Gasteiger partial charge in [0.05, 0.1) is 0 Å². The van der Waals surface area contributed by atoms with Crippen LogP contribution in [0, 0.1) is 12.7 Å². The average molecular weight is 263 g/mol. The van der Waals surface area contributed by atoms with E-state index in [2.05, 4.69) is 9.97 Å². The fourth-order valence-corrected chi connectivity index (χ4v) is 2.39. The third kappa shape index (κ3) is 3.05. The summed E-state index contributed by atoms with van der Waals surface area (Å²) >= 11 is 1.42. The molecule has 0 bridgehead atoms. The molecule has 94 valence electrons. The summed E-state index contributed by atoms with van der Waals surface area (Å²) in [6.45, 7) is 2.12. The molecule has 0 aliphatic rings. The van der Waals surface area contributed by atoms with Gasteiger partial charge in [0, 0.05) is 29.8 Å². The molecule has 0 aliphatic heterocycles. The second kappa shape index (κ2) is 5.93. The van der Waals surface area contributed by atoms with Crippen LogP contribution in [0.5, 0.6) is 0 Å². The highest BCUT2D eigenvalue weighted by molar-refractivity contribution is 7.98. The van der Waals surface area contributed by atoms with E-state index in [0.29, 0.717) is 22.0 Å². The molecule has 0 radical (unpaired) electrons. The monoisotopic (exact) mass is 263 g/mol. The van der Waals surface area contributed by atoms with Crippen molar-refractivity contribution >= 4 is 11.8 Å². The molecule has 18 heavy (non-hydrogen) atoms. The van der Waals surface area contributed by atoms with Gasteiger partial charge in [0.25, 0.3) is 0 Å². The van der Waals surface area contributed by atoms with Crippen molar-refractivity contribution in [1.29, 1.82) is 0 Å². The predicted molar refractivity (Wildman–Crippen MR) is 70.6 cm³/mol. The highest BCUT2D eigenvalue weighted by Crippen LogP contribution is 2.22. The maximum absolute atomic E-state index is 13.9. The Labute approximate surface area is 110 Å². The lowest BCUT2D eigenvalue weighted by molar-refractivity contribution is 0.600. The van der Waals surface area contributed by atoms with Crippen LogP contribution in [0.25, 0.3) is 0 Å². The molecule has 0 saturated heterocycles. The van der Waals surface area contributed by atoms with Gasteiger partial charge in [-0.1, -0.05) is 30.0 Å². The molecule has 0 amide bonds. The van der Waals surface area contributed by atoms with Crippen molar-refractivity contribution in [2.45, 2.75) is 24.4 Å². The Bertz CT molecular complexity index is 546. The van der Waals surface area contributed by atoms with Crippen molar-refractivity contribution in [1.82, 2.24) is 9.97 Å². The maximum Gasteiger partial charge on any atom is 0.188 e. The Morgan fingerprint density at radius 1 is 1.28 bits per heavy atom. The smallest absolute Gasteiger partial charge is 0.188 e. The molecular formula is C13H14FN3S. The molecule has 1 aromatic carbocycles. The minimum absolute atomic E-state index is 0.214. The van der Waals surface area contributed by atoms with E-state index < -0.39 is 0 Å². The lowest BCUT2D eigenvalue weighted by Gasteiger charge is -2.06. The van der Waals surface area contributed by atoms with Gasteiger partial charge in [0.2, 0.25) is 0 Å². The van der Waals surface area contributed by atoms with E-state index in [4.69, 9.17) is 5.73 Å². The molecule has 1 aromatic heterocycles. The standard InChI is InChI=1S/C13H14FN3S/c1-9-5-6-16-13(17-9)18-8-11-4-2-3-10(7-15)12(11)14/h2-6H,7-8,15H2,1H3. The van der Waals surface area contributed by atoms with Crippen molar-refractivity contribution in [3.05, 3.63) is 53.1 Å². The lowest BCUT2D eigenvalue weighted by atomic mass is 10.1. The van der Waals surface area contributed by atoms with Gasteiger partial charge in [-0.05, 0) is 18.6 Å². The number of nitrogens with zero attached hydrogens (tertiary/aromatic N) is 2. The zero-order valence-corrected chi connectivity index (χ0v) is 10.9. The summed E-state index contributed by atoms with van der Waals surface area (Å²) in [6.07, 6.45) is 1.71. The number of halogens is 1. The molecule has 0 atom stereocenters. The van der Waals surface area contributed by atoms with Crippen LogP contribution in [0.2, 0.25) is 0 Å². The Balaban J connectivity index is 2.11. The number of nitrogens with two attached hydrogens (primary N) is 1. The minimum atomic E-state index is -0.222. The summed E-state index contributed by atoms with van der Waals surface area (Å²) < 4.78 is 13.9. The molecule has 2 N–H and O–H groups in total. The van der Waals surface area contributed by atoms with E-state index in [-0.39, 0.29) is 12.4 Å². The summed E-state index contributed by atoms with van der Waals surface area (Å²) in [5, 5.41) is 0.660. The number of benzene rings is 1. The fraction of sp³-hybridized carbons (Fsp3) is 0.231. The van der Waals surface area contributed by atoms with Crippen LogP contribution in [0.15, 0.2) is 35.6 Å². The molecular weight excluding hydrogens is 249 g/mol. The van der Waals surface area contributed by atoms with Gasteiger partial charge in [-0.15, -0.1) is 0 Å². The second-order valence-electron chi connectivity index (χ2n) is 3.86. The first-order valence-corrected chi connectivity index (χ1v) is 6.58. The van der Waals surface area contributed by atoms with Crippen LogP contribution in [0.4, 0.5) is 4.39 Å². The molecule has 5 heteroatoms. The van der Waals surface area contributed by atoms with Gasteiger partial charge >= 0.3 is 0 Å². The van der Waals surface area contributed by atoms with Gasteiger partial charge in [-0.3, -0.25) is 0 Å². The fourth-order valence-electron chi connectivity index (χ4n) is 1.54. The van der Waals surface area contributed by atoms with Gasteiger partial charge in [0.1, 0.15) is 5.82 Å². The first kappa shape index (κ1) is 13.0. The average Bonchev–Trinajstić information content (AvgIpc) is 2.38. The highest BCUT2D eigenvalue weighted by atomic mass is 32.2. The van der Waals surface area contributed by atoms with E-state index >= 15 is 0 Å². The zero-order valence-electron chi connectivity index (χ0n) is 10.1. The van der Waals surface area contributed by atoms with Crippen molar-refractivity contribution < 1.29 is 4.39 Å². The minimum Gasteiger partial charge on any atom is -0.326 e. The van der Waals surface area contributed by atoms with Crippen LogP contribution in [0.3, 0.4) is 0 Å². The van der Waals surface area contributed by atoms with Gasteiger partial charge in [-0.2, -0.15) is 0 Å². The van der Waals surface area contributed by atoms with Gasteiger partial charge < -0.3 is 5.73 Å². The maximum atomic E-state index is 13.9. The van der Waals surface area contributed by atoms with Gasteiger partial charge in [-0.25, -0.2) is 14.4 Å². The first-order valence-electron chi connectivity index (χ1n) is 5.59. The summed E-state index contributed by atoms with van der Waals surface area (Å²) in [5.41, 5.74) is 7.55. The molecule has 2 aromatic rings. The predicted octanol–water partition coefficient (Wildman–Crippen LogP) is 2.68. The topological polar surface area (TPSA) is 51.8 Å². The quantitative estimate of drug-likeness (QED) is 0.680. The van der Waals surface area contributed by atoms with Crippen LogP contribution >= 0.6 is 11.8 Å². The Morgan fingerprint density at radius 3 is 2.78 bits per heavy atom. The van der Waals surface area contributed by atoms with Crippen molar-refractivity contribution in [3.63, 3.8) is 0 Å². The highest BCUT2D eigenvalue weighted by Gasteiger charge is 2.08. The van der Waals surface area contributed by atoms with E-state index in [1.807, 2.05) is 19.1 Å². The van der Waals surface area contributed by atoms with Crippen molar-refractivity contribution in [2.24, 2.45) is 5.73 Å². The van der Waals surface area contributed by atoms with Crippen LogP contribution in [-0.2, 0) is 12.3 Å². The summed E-state index contributed by atoms with van der Waals surface area (Å²) in [7, 11) is 0. The number of aryl methyl sites for hydroxylation is 1. The van der Waals surface area contributed by atoms with E-state index in [0.717, 1.165) is 5.69 Å². The van der Waals surface area contributed by atoms with E-state index in [1.165, 1.54) is 11.8 Å². The molecule has 0 fully saturated rings.